The van der Waals surface area contributed by atoms with Crippen molar-refractivity contribution in [3.8, 4) is 5.75 Å². The zero-order valence-corrected chi connectivity index (χ0v) is 11.0. The van der Waals surface area contributed by atoms with Crippen LogP contribution in [-0.2, 0) is 9.53 Å². The number of fused-ring (bicyclic) bond motifs is 1. The molecule has 1 N–H and O–H groups in total. The molecule has 0 saturated heterocycles. The summed E-state index contributed by atoms with van der Waals surface area (Å²) in [6, 6.07) is 4.23. The predicted octanol–water partition coefficient (Wildman–Crippen LogP) is 2.17. The Balaban J connectivity index is 2.03. The molecule has 1 aromatic carbocycles. The lowest BCUT2D eigenvalue weighted by atomic mass is 10.1. The van der Waals surface area contributed by atoms with E-state index in [4.69, 9.17) is 4.74 Å². The Bertz CT molecular complexity index is 571. The van der Waals surface area contributed by atoms with E-state index in [0.717, 1.165) is 0 Å². The standard InChI is InChI=1S/C13H12F3NO4/c1-7-12(19)17-9-4-8(2-3-11(9)21-7)10(18)5-20-6-13(14,15)16/h2-4,7H,5-6H2,1H3,(H,17,19). The summed E-state index contributed by atoms with van der Waals surface area (Å²) >= 11 is 0. The molecule has 1 aliphatic rings. The van der Waals surface area contributed by atoms with Crippen LogP contribution in [0.15, 0.2) is 18.2 Å². The van der Waals surface area contributed by atoms with Crippen molar-refractivity contribution in [3.05, 3.63) is 23.8 Å². The van der Waals surface area contributed by atoms with Crippen LogP contribution in [0.5, 0.6) is 5.75 Å². The van der Waals surface area contributed by atoms with E-state index in [9.17, 15) is 22.8 Å². The van der Waals surface area contributed by atoms with Gasteiger partial charge in [-0.2, -0.15) is 13.2 Å². The normalized spacial score (nSPS) is 17.7. The first-order valence-electron chi connectivity index (χ1n) is 6.05. The number of halogens is 3. The third-order valence-electron chi connectivity index (χ3n) is 2.73. The number of carbonyl (C=O) groups excluding carboxylic acids is 2. The average molecular weight is 303 g/mol. The summed E-state index contributed by atoms with van der Waals surface area (Å²) in [6.45, 7) is -0.604. The molecule has 0 bridgehead atoms. The summed E-state index contributed by atoms with van der Waals surface area (Å²) in [5.41, 5.74) is 0.439. The van der Waals surface area contributed by atoms with Gasteiger partial charge in [0.1, 0.15) is 19.0 Å². The topological polar surface area (TPSA) is 64.6 Å². The monoisotopic (exact) mass is 303 g/mol. The van der Waals surface area contributed by atoms with E-state index in [1.807, 2.05) is 0 Å². The number of benzene rings is 1. The molecule has 1 unspecified atom stereocenters. The first-order chi connectivity index (χ1) is 9.76. The van der Waals surface area contributed by atoms with Crippen molar-refractivity contribution in [1.82, 2.24) is 0 Å². The van der Waals surface area contributed by atoms with Crippen LogP contribution in [0.4, 0.5) is 18.9 Å². The molecule has 0 radical (unpaired) electrons. The maximum atomic E-state index is 11.9. The summed E-state index contributed by atoms with van der Waals surface area (Å²) < 4.78 is 45.3. The van der Waals surface area contributed by atoms with Crippen molar-refractivity contribution >= 4 is 17.4 Å². The molecule has 1 amide bonds. The van der Waals surface area contributed by atoms with E-state index in [0.29, 0.717) is 11.4 Å². The number of nitrogens with one attached hydrogen (secondary N) is 1. The van der Waals surface area contributed by atoms with Gasteiger partial charge in [0.05, 0.1) is 5.69 Å². The molecule has 1 aliphatic heterocycles. The fourth-order valence-corrected chi connectivity index (χ4v) is 1.73. The number of hydrogen-bond acceptors (Lipinski definition) is 4. The first kappa shape index (κ1) is 15.3. The summed E-state index contributed by atoms with van der Waals surface area (Å²) in [5.74, 6) is -0.579. The number of alkyl halides is 3. The maximum absolute atomic E-state index is 11.9. The third-order valence-corrected chi connectivity index (χ3v) is 2.73. The van der Waals surface area contributed by atoms with Gasteiger partial charge >= 0.3 is 6.18 Å². The van der Waals surface area contributed by atoms with Gasteiger partial charge in [-0.25, -0.2) is 0 Å². The number of hydrogen-bond donors (Lipinski definition) is 1. The average Bonchev–Trinajstić information content (AvgIpc) is 2.38. The summed E-state index contributed by atoms with van der Waals surface area (Å²) in [4.78, 5) is 23.2. The Morgan fingerprint density at radius 1 is 1.43 bits per heavy atom. The van der Waals surface area contributed by atoms with Crippen molar-refractivity contribution in [1.29, 1.82) is 0 Å². The zero-order chi connectivity index (χ0) is 15.6. The van der Waals surface area contributed by atoms with Crippen LogP contribution in [0.25, 0.3) is 0 Å². The Hall–Kier alpha value is -2.09. The van der Waals surface area contributed by atoms with E-state index in [-0.39, 0.29) is 11.5 Å². The van der Waals surface area contributed by atoms with Crippen LogP contribution in [-0.4, -0.2) is 37.2 Å². The molecule has 5 nitrogen and oxygen atoms in total. The van der Waals surface area contributed by atoms with E-state index in [1.54, 1.807) is 6.92 Å². The molecule has 1 heterocycles. The van der Waals surface area contributed by atoms with Crippen LogP contribution >= 0.6 is 0 Å². The van der Waals surface area contributed by atoms with Crippen LogP contribution < -0.4 is 10.1 Å². The van der Waals surface area contributed by atoms with Gasteiger partial charge < -0.3 is 14.8 Å². The second-order valence-corrected chi connectivity index (χ2v) is 4.49. The molecule has 0 aliphatic carbocycles. The van der Waals surface area contributed by atoms with Crippen LogP contribution in [0, 0.1) is 0 Å². The maximum Gasteiger partial charge on any atom is 0.411 e. The molecular weight excluding hydrogens is 291 g/mol. The van der Waals surface area contributed by atoms with Crippen LogP contribution in [0.3, 0.4) is 0 Å². The van der Waals surface area contributed by atoms with Gasteiger partial charge in [0, 0.05) is 5.56 Å². The molecule has 21 heavy (non-hydrogen) atoms. The highest BCUT2D eigenvalue weighted by Gasteiger charge is 2.28. The lowest BCUT2D eigenvalue weighted by Gasteiger charge is -2.23. The summed E-state index contributed by atoms with van der Waals surface area (Å²) in [6.07, 6.45) is -5.12. The van der Waals surface area contributed by atoms with E-state index >= 15 is 0 Å². The van der Waals surface area contributed by atoms with E-state index in [2.05, 4.69) is 10.1 Å². The van der Waals surface area contributed by atoms with Crippen LogP contribution in [0.1, 0.15) is 17.3 Å². The van der Waals surface area contributed by atoms with Crippen LogP contribution in [0.2, 0.25) is 0 Å². The number of anilines is 1. The third kappa shape index (κ3) is 3.94. The predicted molar refractivity (Wildman–Crippen MR) is 66.4 cm³/mol. The smallest absolute Gasteiger partial charge is 0.411 e. The fraction of sp³-hybridized carbons (Fsp3) is 0.385. The van der Waals surface area contributed by atoms with Crippen molar-refractivity contribution in [2.75, 3.05) is 18.5 Å². The van der Waals surface area contributed by atoms with Crippen molar-refractivity contribution in [2.24, 2.45) is 0 Å². The summed E-state index contributed by atoms with van der Waals surface area (Å²) in [5, 5.41) is 2.55. The van der Waals surface area contributed by atoms with Gasteiger partial charge in [0.2, 0.25) is 0 Å². The van der Waals surface area contributed by atoms with Gasteiger partial charge in [-0.3, -0.25) is 9.59 Å². The lowest BCUT2D eigenvalue weighted by Crippen LogP contribution is -2.34. The Labute approximate surface area is 118 Å². The highest BCUT2D eigenvalue weighted by Crippen LogP contribution is 2.30. The molecule has 8 heteroatoms. The molecular formula is C13H12F3NO4. The number of Topliss-reactive ketones (excluding diaryl/α,β-unsaturated/α-hetero) is 1. The fourth-order valence-electron chi connectivity index (χ4n) is 1.73. The van der Waals surface area contributed by atoms with Crippen molar-refractivity contribution in [3.63, 3.8) is 0 Å². The number of ether oxygens (including phenoxy) is 2. The molecule has 114 valence electrons. The zero-order valence-electron chi connectivity index (χ0n) is 11.0. The van der Waals surface area contributed by atoms with Gasteiger partial charge in [-0.15, -0.1) is 0 Å². The minimum atomic E-state index is -4.48. The number of ketones is 1. The van der Waals surface area contributed by atoms with Crippen molar-refractivity contribution in [2.45, 2.75) is 19.2 Å². The van der Waals surface area contributed by atoms with Gasteiger partial charge in [-0.05, 0) is 25.1 Å². The Morgan fingerprint density at radius 2 is 2.14 bits per heavy atom. The molecule has 0 spiro atoms. The highest BCUT2D eigenvalue weighted by atomic mass is 19.4. The SMILES string of the molecule is CC1Oc2ccc(C(=O)COCC(F)(F)F)cc2NC1=O. The molecule has 0 aromatic heterocycles. The molecule has 2 rings (SSSR count). The molecule has 0 saturated carbocycles. The van der Waals surface area contributed by atoms with Gasteiger partial charge in [0.25, 0.3) is 5.91 Å². The molecule has 0 fully saturated rings. The number of amides is 1. The lowest BCUT2D eigenvalue weighted by molar-refractivity contribution is -0.170. The summed E-state index contributed by atoms with van der Waals surface area (Å²) in [7, 11) is 0. The minimum absolute atomic E-state index is 0.134. The Morgan fingerprint density at radius 3 is 2.81 bits per heavy atom. The second-order valence-electron chi connectivity index (χ2n) is 4.49. The Kier molecular flexibility index (Phi) is 4.17. The molecule has 1 atom stereocenters. The molecule has 1 aromatic rings. The number of rotatable bonds is 4. The van der Waals surface area contributed by atoms with Crippen molar-refractivity contribution < 1.29 is 32.2 Å². The second kappa shape index (κ2) is 5.72. The minimum Gasteiger partial charge on any atom is -0.479 e. The highest BCUT2D eigenvalue weighted by molar-refractivity contribution is 6.02. The van der Waals surface area contributed by atoms with Gasteiger partial charge in [0.15, 0.2) is 11.9 Å². The van der Waals surface area contributed by atoms with E-state index < -0.39 is 31.3 Å². The number of carbonyl (C=O) groups is 2. The first-order valence-corrected chi connectivity index (χ1v) is 6.05. The quantitative estimate of drug-likeness (QED) is 0.866. The van der Waals surface area contributed by atoms with E-state index in [1.165, 1.54) is 18.2 Å². The largest absolute Gasteiger partial charge is 0.479 e. The van der Waals surface area contributed by atoms with Gasteiger partial charge in [-0.1, -0.05) is 0 Å².